The number of alkyl halides is 1. The minimum atomic E-state index is -1.28. The highest BCUT2D eigenvalue weighted by Gasteiger charge is 2.23. The molecule has 2 nitrogen and oxygen atoms in total. The molecule has 0 aliphatic rings. The van der Waals surface area contributed by atoms with Gasteiger partial charge in [-0.1, -0.05) is 28.1 Å². The third-order valence-corrected chi connectivity index (χ3v) is 4.32. The van der Waals surface area contributed by atoms with Crippen LogP contribution in [0.15, 0.2) is 28.7 Å². The van der Waals surface area contributed by atoms with Crippen molar-refractivity contribution in [2.24, 2.45) is 0 Å². The predicted molar refractivity (Wildman–Crippen MR) is 73.9 cm³/mol. The first-order valence-corrected chi connectivity index (χ1v) is 7.28. The Balaban J connectivity index is 2.83. The van der Waals surface area contributed by atoms with Gasteiger partial charge in [-0.05, 0) is 38.5 Å². The molecule has 0 radical (unpaired) electrons. The van der Waals surface area contributed by atoms with E-state index in [0.717, 1.165) is 10.0 Å². The zero-order valence-electron chi connectivity index (χ0n) is 10.2. The van der Waals surface area contributed by atoms with E-state index in [1.165, 1.54) is 0 Å². The largest absolute Gasteiger partial charge is 0.249 e. The molecule has 0 bridgehead atoms. The van der Waals surface area contributed by atoms with Crippen molar-refractivity contribution in [1.29, 1.82) is 0 Å². The average molecular weight is 322 g/mol. The van der Waals surface area contributed by atoms with Gasteiger partial charge in [-0.25, -0.2) is 13.3 Å². The Bertz CT molecular complexity index is 406. The predicted octanol–water partition coefficient (Wildman–Crippen LogP) is 3.51. The molecule has 96 valence electrons. The van der Waals surface area contributed by atoms with Gasteiger partial charge in [-0.15, -0.1) is 0 Å². The number of halogens is 2. The van der Waals surface area contributed by atoms with Gasteiger partial charge in [0.1, 0.15) is 6.67 Å². The number of benzene rings is 1. The highest BCUT2D eigenvalue weighted by atomic mass is 79.9. The van der Waals surface area contributed by atoms with Gasteiger partial charge in [-0.2, -0.15) is 0 Å². The van der Waals surface area contributed by atoms with Crippen LogP contribution in [-0.2, 0) is 11.0 Å². The molecule has 0 aliphatic carbocycles. The van der Waals surface area contributed by atoms with Crippen LogP contribution in [0.4, 0.5) is 4.39 Å². The van der Waals surface area contributed by atoms with Crippen LogP contribution in [0, 0.1) is 0 Å². The van der Waals surface area contributed by atoms with Crippen molar-refractivity contribution in [2.75, 3.05) is 6.67 Å². The van der Waals surface area contributed by atoms with Crippen LogP contribution >= 0.6 is 15.9 Å². The van der Waals surface area contributed by atoms with Crippen molar-refractivity contribution in [1.82, 2.24) is 4.72 Å². The fourth-order valence-corrected chi connectivity index (χ4v) is 2.45. The van der Waals surface area contributed by atoms with E-state index >= 15 is 0 Å². The summed E-state index contributed by atoms with van der Waals surface area (Å²) in [5.41, 5.74) is 0.791. The molecule has 0 aromatic heterocycles. The highest BCUT2D eigenvalue weighted by molar-refractivity contribution is 9.10. The van der Waals surface area contributed by atoms with E-state index in [1.807, 2.05) is 45.0 Å². The highest BCUT2D eigenvalue weighted by Crippen LogP contribution is 2.21. The molecular weight excluding hydrogens is 305 g/mol. The van der Waals surface area contributed by atoms with Gasteiger partial charge in [-0.3, -0.25) is 0 Å². The lowest BCUT2D eigenvalue weighted by Crippen LogP contribution is -2.36. The van der Waals surface area contributed by atoms with Crippen LogP contribution in [0.1, 0.15) is 32.4 Å². The molecule has 0 saturated heterocycles. The third-order valence-electron chi connectivity index (χ3n) is 2.21. The summed E-state index contributed by atoms with van der Waals surface area (Å²) < 4.78 is 28.2. The number of hydrogen-bond acceptors (Lipinski definition) is 1. The lowest BCUT2D eigenvalue weighted by atomic mass is 10.1. The molecule has 0 fully saturated rings. The second kappa shape index (κ2) is 6.07. The zero-order valence-corrected chi connectivity index (χ0v) is 12.6. The maximum atomic E-state index is 13.0. The molecule has 0 heterocycles. The van der Waals surface area contributed by atoms with Crippen LogP contribution in [0.5, 0.6) is 0 Å². The molecule has 0 amide bonds. The van der Waals surface area contributed by atoms with Crippen LogP contribution in [-0.4, -0.2) is 15.6 Å². The maximum Gasteiger partial charge on any atom is 0.110 e. The lowest BCUT2D eigenvalue weighted by Gasteiger charge is -2.22. The summed E-state index contributed by atoms with van der Waals surface area (Å²) in [5, 5.41) is 0. The molecule has 17 heavy (non-hydrogen) atoms. The van der Waals surface area contributed by atoms with E-state index in [0.29, 0.717) is 0 Å². The average Bonchev–Trinajstić information content (AvgIpc) is 2.24. The van der Waals surface area contributed by atoms with Crippen molar-refractivity contribution in [2.45, 2.75) is 31.6 Å². The molecule has 1 rings (SSSR count). The van der Waals surface area contributed by atoms with Crippen molar-refractivity contribution in [3.8, 4) is 0 Å². The first kappa shape index (κ1) is 14.8. The Labute approximate surface area is 113 Å². The molecule has 0 spiro atoms. The Morgan fingerprint density at radius 3 is 2.59 bits per heavy atom. The molecule has 5 heteroatoms. The number of nitrogens with one attached hydrogen (secondary N) is 1. The Morgan fingerprint density at radius 2 is 2.12 bits per heavy atom. The van der Waals surface area contributed by atoms with E-state index in [1.54, 1.807) is 0 Å². The normalized spacial score (nSPS) is 15.6. The molecule has 1 N–H and O–H groups in total. The Hall–Kier alpha value is -0.260. The Morgan fingerprint density at radius 1 is 1.47 bits per heavy atom. The quantitative estimate of drug-likeness (QED) is 0.903. The summed E-state index contributed by atoms with van der Waals surface area (Å²) in [6, 6.07) is 6.83. The molecule has 1 aromatic rings. The Kier molecular flexibility index (Phi) is 5.28. The minimum Gasteiger partial charge on any atom is -0.249 e. The SMILES string of the molecule is CC(C)(C)S(=O)N[C@H](CF)c1cccc(Br)c1. The van der Waals surface area contributed by atoms with E-state index in [-0.39, 0.29) is 0 Å². The topological polar surface area (TPSA) is 29.1 Å². The van der Waals surface area contributed by atoms with Gasteiger partial charge < -0.3 is 0 Å². The van der Waals surface area contributed by atoms with E-state index < -0.39 is 28.4 Å². The molecule has 0 saturated carbocycles. The zero-order chi connectivity index (χ0) is 13.1. The van der Waals surface area contributed by atoms with Crippen molar-refractivity contribution in [3.05, 3.63) is 34.3 Å². The maximum absolute atomic E-state index is 13.0. The molecule has 1 aromatic carbocycles. The van der Waals surface area contributed by atoms with Gasteiger partial charge in [0.2, 0.25) is 0 Å². The summed E-state index contributed by atoms with van der Waals surface area (Å²) in [5.74, 6) is 0. The first-order chi connectivity index (χ1) is 7.84. The van der Waals surface area contributed by atoms with Gasteiger partial charge in [0.15, 0.2) is 0 Å². The molecular formula is C12H17BrFNOS. The monoisotopic (exact) mass is 321 g/mol. The van der Waals surface area contributed by atoms with Crippen molar-refractivity contribution >= 4 is 26.9 Å². The van der Waals surface area contributed by atoms with E-state index in [4.69, 9.17) is 0 Å². The second-order valence-corrected chi connectivity index (χ2v) is 7.67. The molecule has 1 unspecified atom stereocenters. The van der Waals surface area contributed by atoms with Crippen LogP contribution in [0.3, 0.4) is 0 Å². The minimum absolute atomic E-state index is 0.403. The fraction of sp³-hybridized carbons (Fsp3) is 0.500. The van der Waals surface area contributed by atoms with Gasteiger partial charge in [0.05, 0.1) is 21.8 Å². The molecule has 2 atom stereocenters. The van der Waals surface area contributed by atoms with Crippen molar-refractivity contribution in [3.63, 3.8) is 0 Å². The summed E-state index contributed by atoms with van der Waals surface area (Å²) in [4.78, 5) is 0. The van der Waals surface area contributed by atoms with Gasteiger partial charge in [0.25, 0.3) is 0 Å². The summed E-state index contributed by atoms with van der Waals surface area (Å²) in [6.07, 6.45) is 0. The van der Waals surface area contributed by atoms with Crippen LogP contribution in [0.2, 0.25) is 0 Å². The summed E-state index contributed by atoms with van der Waals surface area (Å²) >= 11 is 3.34. The third kappa shape index (κ3) is 4.48. The number of hydrogen-bond donors (Lipinski definition) is 1. The molecule has 0 aliphatic heterocycles. The van der Waals surface area contributed by atoms with E-state index in [2.05, 4.69) is 20.7 Å². The summed E-state index contributed by atoms with van der Waals surface area (Å²) in [6.45, 7) is 4.98. The second-order valence-electron chi connectivity index (χ2n) is 4.76. The lowest BCUT2D eigenvalue weighted by molar-refractivity contribution is 0.418. The van der Waals surface area contributed by atoms with Crippen molar-refractivity contribution < 1.29 is 8.60 Å². The standard InChI is InChI=1S/C12H17BrFNOS/c1-12(2,3)17(16)15-11(8-14)9-5-4-6-10(13)7-9/h4-7,11,15H,8H2,1-3H3/t11-,17?/m1/s1. The van der Waals surface area contributed by atoms with Gasteiger partial charge in [0, 0.05) is 4.47 Å². The van der Waals surface area contributed by atoms with Crippen LogP contribution in [0.25, 0.3) is 0 Å². The van der Waals surface area contributed by atoms with Crippen LogP contribution < -0.4 is 4.72 Å². The number of rotatable bonds is 4. The summed E-state index contributed by atoms with van der Waals surface area (Å²) in [7, 11) is -1.28. The fourth-order valence-electron chi connectivity index (χ4n) is 1.22. The first-order valence-electron chi connectivity index (χ1n) is 5.34. The van der Waals surface area contributed by atoms with Gasteiger partial charge >= 0.3 is 0 Å². The van der Waals surface area contributed by atoms with E-state index in [9.17, 15) is 8.60 Å². The smallest absolute Gasteiger partial charge is 0.110 e.